The molecular formula is C14H19ClFN3O3. The maximum absolute atomic E-state index is 13.4. The van der Waals surface area contributed by atoms with E-state index < -0.39 is 16.6 Å². The standard InChI is InChI=1S/C14H18FN3O3.ClH/c1-9-4-5-17(11(6-9)8-16)14(19)12-7-10(15)2-3-13(12)18(20)21;/h2-3,7,9,11H,4-6,8,16H2,1H3;1H. The van der Waals surface area contributed by atoms with Gasteiger partial charge < -0.3 is 10.6 Å². The lowest BCUT2D eigenvalue weighted by Crippen LogP contribution is -2.49. The summed E-state index contributed by atoms with van der Waals surface area (Å²) in [6.45, 7) is 2.85. The molecule has 1 aromatic rings. The van der Waals surface area contributed by atoms with E-state index in [-0.39, 0.29) is 29.7 Å². The van der Waals surface area contributed by atoms with Crippen LogP contribution in [0.3, 0.4) is 0 Å². The number of hydrogen-bond donors (Lipinski definition) is 1. The molecule has 0 aromatic heterocycles. The van der Waals surface area contributed by atoms with Gasteiger partial charge in [-0.05, 0) is 30.9 Å². The second kappa shape index (κ2) is 7.51. The van der Waals surface area contributed by atoms with Gasteiger partial charge in [0.1, 0.15) is 11.4 Å². The molecule has 1 saturated heterocycles. The highest BCUT2D eigenvalue weighted by atomic mass is 35.5. The number of benzene rings is 1. The number of nitro groups is 1. The highest BCUT2D eigenvalue weighted by molar-refractivity contribution is 5.98. The number of carbonyl (C=O) groups excluding carboxylic acids is 1. The third-order valence-corrected chi connectivity index (χ3v) is 3.90. The van der Waals surface area contributed by atoms with Crippen molar-refractivity contribution in [3.63, 3.8) is 0 Å². The molecule has 1 aliphatic heterocycles. The van der Waals surface area contributed by atoms with Gasteiger partial charge in [-0.2, -0.15) is 0 Å². The maximum Gasteiger partial charge on any atom is 0.282 e. The topological polar surface area (TPSA) is 89.5 Å². The number of nitrogens with zero attached hydrogens (tertiary/aromatic N) is 2. The molecule has 1 amide bonds. The van der Waals surface area contributed by atoms with Crippen molar-refractivity contribution in [1.29, 1.82) is 0 Å². The molecule has 2 unspecified atom stereocenters. The molecule has 22 heavy (non-hydrogen) atoms. The van der Waals surface area contributed by atoms with Crippen molar-refractivity contribution in [1.82, 2.24) is 4.90 Å². The number of nitro benzene ring substituents is 1. The van der Waals surface area contributed by atoms with Crippen molar-refractivity contribution in [3.05, 3.63) is 39.7 Å². The lowest BCUT2D eigenvalue weighted by molar-refractivity contribution is -0.385. The van der Waals surface area contributed by atoms with Crippen LogP contribution in [0.4, 0.5) is 10.1 Å². The number of nitrogens with two attached hydrogens (primary N) is 1. The van der Waals surface area contributed by atoms with Crippen LogP contribution in [-0.2, 0) is 0 Å². The quantitative estimate of drug-likeness (QED) is 0.680. The number of halogens is 2. The summed E-state index contributed by atoms with van der Waals surface area (Å²) in [5.74, 6) is -0.743. The Hall–Kier alpha value is -1.73. The van der Waals surface area contributed by atoms with Crippen LogP contribution < -0.4 is 5.73 Å². The fraction of sp³-hybridized carbons (Fsp3) is 0.500. The Labute approximate surface area is 134 Å². The van der Waals surface area contributed by atoms with E-state index in [9.17, 15) is 19.3 Å². The zero-order chi connectivity index (χ0) is 15.6. The molecular weight excluding hydrogens is 313 g/mol. The molecule has 0 spiro atoms. The van der Waals surface area contributed by atoms with Crippen molar-refractivity contribution in [2.75, 3.05) is 13.1 Å². The Balaban J connectivity index is 0.00000242. The van der Waals surface area contributed by atoms with Crippen LogP contribution in [-0.4, -0.2) is 34.9 Å². The first-order valence-electron chi connectivity index (χ1n) is 6.89. The first-order valence-corrected chi connectivity index (χ1v) is 6.89. The Morgan fingerprint density at radius 1 is 1.55 bits per heavy atom. The maximum atomic E-state index is 13.4. The van der Waals surface area contributed by atoms with Crippen LogP contribution in [0.1, 0.15) is 30.1 Å². The van der Waals surface area contributed by atoms with Crippen LogP contribution in [0.2, 0.25) is 0 Å². The first-order chi connectivity index (χ1) is 9.93. The summed E-state index contributed by atoms with van der Waals surface area (Å²) in [6, 6.07) is 2.76. The molecule has 0 bridgehead atoms. The monoisotopic (exact) mass is 331 g/mol. The molecule has 8 heteroatoms. The predicted octanol–water partition coefficient (Wildman–Crippen LogP) is 2.36. The van der Waals surface area contributed by atoms with E-state index in [1.54, 1.807) is 0 Å². The van der Waals surface area contributed by atoms with Gasteiger partial charge in [0.05, 0.1) is 4.92 Å². The number of hydrogen-bond acceptors (Lipinski definition) is 4. The number of piperidine rings is 1. The van der Waals surface area contributed by atoms with E-state index in [4.69, 9.17) is 5.73 Å². The molecule has 6 nitrogen and oxygen atoms in total. The number of likely N-dealkylation sites (tertiary alicyclic amines) is 1. The molecule has 0 radical (unpaired) electrons. The molecule has 0 aliphatic carbocycles. The van der Waals surface area contributed by atoms with Crippen LogP contribution in [0.25, 0.3) is 0 Å². The molecule has 1 aliphatic rings. The van der Waals surface area contributed by atoms with Crippen molar-refractivity contribution >= 4 is 24.0 Å². The third-order valence-electron chi connectivity index (χ3n) is 3.90. The third kappa shape index (κ3) is 3.72. The van der Waals surface area contributed by atoms with E-state index in [1.807, 2.05) is 0 Å². The zero-order valence-corrected chi connectivity index (χ0v) is 13.0. The van der Waals surface area contributed by atoms with Gasteiger partial charge in [0.25, 0.3) is 11.6 Å². The zero-order valence-electron chi connectivity index (χ0n) is 12.2. The van der Waals surface area contributed by atoms with E-state index in [0.29, 0.717) is 19.0 Å². The average Bonchev–Trinajstić information content (AvgIpc) is 2.45. The van der Waals surface area contributed by atoms with E-state index in [1.165, 1.54) is 4.90 Å². The fourth-order valence-electron chi connectivity index (χ4n) is 2.74. The van der Waals surface area contributed by atoms with E-state index >= 15 is 0 Å². The minimum Gasteiger partial charge on any atom is -0.334 e. The highest BCUT2D eigenvalue weighted by Crippen LogP contribution is 2.27. The van der Waals surface area contributed by atoms with Crippen LogP contribution in [0.5, 0.6) is 0 Å². The van der Waals surface area contributed by atoms with Crippen LogP contribution in [0.15, 0.2) is 18.2 Å². The van der Waals surface area contributed by atoms with Gasteiger partial charge in [-0.25, -0.2) is 4.39 Å². The lowest BCUT2D eigenvalue weighted by atomic mass is 9.91. The molecule has 1 fully saturated rings. The highest BCUT2D eigenvalue weighted by Gasteiger charge is 2.32. The molecule has 122 valence electrons. The van der Waals surface area contributed by atoms with Crippen molar-refractivity contribution in [3.8, 4) is 0 Å². The second-order valence-corrected chi connectivity index (χ2v) is 5.44. The van der Waals surface area contributed by atoms with Gasteiger partial charge in [-0.3, -0.25) is 14.9 Å². The molecule has 2 N–H and O–H groups in total. The SMILES string of the molecule is CC1CCN(C(=O)c2cc(F)ccc2[N+](=O)[O-])C(CN)C1.Cl. The van der Waals surface area contributed by atoms with Crippen molar-refractivity contribution < 1.29 is 14.1 Å². The van der Waals surface area contributed by atoms with Gasteiger partial charge in [-0.1, -0.05) is 6.92 Å². The van der Waals surface area contributed by atoms with E-state index in [2.05, 4.69) is 6.92 Å². The number of amides is 1. The Kier molecular flexibility index (Phi) is 6.25. The molecule has 1 heterocycles. The summed E-state index contributed by atoms with van der Waals surface area (Å²) >= 11 is 0. The Morgan fingerprint density at radius 3 is 2.82 bits per heavy atom. The van der Waals surface area contributed by atoms with Gasteiger partial charge in [0, 0.05) is 25.2 Å². The summed E-state index contributed by atoms with van der Waals surface area (Å²) in [5.41, 5.74) is 5.10. The Bertz CT molecular complexity index is 570. The minimum absolute atomic E-state index is 0. The largest absolute Gasteiger partial charge is 0.334 e. The van der Waals surface area contributed by atoms with Gasteiger partial charge in [0.2, 0.25) is 0 Å². The summed E-state index contributed by atoms with van der Waals surface area (Å²) in [7, 11) is 0. The molecule has 0 saturated carbocycles. The second-order valence-electron chi connectivity index (χ2n) is 5.44. The van der Waals surface area contributed by atoms with E-state index in [0.717, 1.165) is 31.0 Å². The molecule has 1 aromatic carbocycles. The van der Waals surface area contributed by atoms with Crippen LogP contribution in [0, 0.1) is 21.8 Å². The van der Waals surface area contributed by atoms with Gasteiger partial charge in [0.15, 0.2) is 0 Å². The van der Waals surface area contributed by atoms with Gasteiger partial charge in [-0.15, -0.1) is 12.4 Å². The fourth-order valence-corrected chi connectivity index (χ4v) is 2.74. The van der Waals surface area contributed by atoms with Crippen molar-refractivity contribution in [2.24, 2.45) is 11.7 Å². The predicted molar refractivity (Wildman–Crippen MR) is 82.6 cm³/mol. The summed E-state index contributed by atoms with van der Waals surface area (Å²) in [5, 5.41) is 11.0. The number of rotatable bonds is 3. The lowest BCUT2D eigenvalue weighted by Gasteiger charge is -2.37. The Morgan fingerprint density at radius 2 is 2.23 bits per heavy atom. The van der Waals surface area contributed by atoms with Crippen molar-refractivity contribution in [2.45, 2.75) is 25.8 Å². The first kappa shape index (κ1) is 18.3. The normalized spacial score (nSPS) is 21.1. The smallest absolute Gasteiger partial charge is 0.282 e. The van der Waals surface area contributed by atoms with Crippen LogP contribution >= 0.6 is 12.4 Å². The summed E-state index contributed by atoms with van der Waals surface area (Å²) in [4.78, 5) is 24.4. The summed E-state index contributed by atoms with van der Waals surface area (Å²) < 4.78 is 13.4. The average molecular weight is 332 g/mol. The molecule has 2 atom stereocenters. The number of carbonyl (C=O) groups is 1. The van der Waals surface area contributed by atoms with Gasteiger partial charge >= 0.3 is 0 Å². The summed E-state index contributed by atoms with van der Waals surface area (Å²) in [6.07, 6.45) is 1.57. The molecule has 2 rings (SSSR count). The minimum atomic E-state index is -0.670.